The number of rotatable bonds is 2. The standard InChI is InChI=1S/C14H12FN3O2/c1-7-12(8-4-3-5-9(15)13(8)16-7)10-6-11(14(19)20)18(2)17-10/h3-6,16H,1-2H3,(H,19,20). The van der Waals surface area contributed by atoms with Crippen LogP contribution in [0.3, 0.4) is 0 Å². The van der Waals surface area contributed by atoms with Crippen LogP contribution in [0.15, 0.2) is 24.3 Å². The van der Waals surface area contributed by atoms with E-state index in [-0.39, 0.29) is 11.5 Å². The summed E-state index contributed by atoms with van der Waals surface area (Å²) in [6.45, 7) is 1.81. The van der Waals surface area contributed by atoms with E-state index >= 15 is 0 Å². The number of hydrogen-bond acceptors (Lipinski definition) is 2. The molecule has 102 valence electrons. The highest BCUT2D eigenvalue weighted by Crippen LogP contribution is 2.32. The fourth-order valence-corrected chi connectivity index (χ4v) is 2.43. The number of carboxylic acid groups (broad SMARTS) is 1. The van der Waals surface area contributed by atoms with Gasteiger partial charge in [0.05, 0.1) is 11.2 Å². The van der Waals surface area contributed by atoms with Crippen molar-refractivity contribution in [3.63, 3.8) is 0 Å². The Morgan fingerprint density at radius 2 is 2.20 bits per heavy atom. The van der Waals surface area contributed by atoms with Gasteiger partial charge in [-0.2, -0.15) is 5.10 Å². The number of benzene rings is 1. The molecule has 0 fully saturated rings. The lowest BCUT2D eigenvalue weighted by atomic mass is 10.1. The van der Waals surface area contributed by atoms with Crippen molar-refractivity contribution in [3.05, 3.63) is 41.5 Å². The molecule has 0 amide bonds. The predicted molar refractivity (Wildman–Crippen MR) is 72.2 cm³/mol. The Balaban J connectivity index is 2.30. The predicted octanol–water partition coefficient (Wildman–Crippen LogP) is 2.71. The molecule has 2 heterocycles. The molecule has 1 aromatic carbocycles. The van der Waals surface area contributed by atoms with Crippen LogP contribution in [-0.4, -0.2) is 25.8 Å². The number of fused-ring (bicyclic) bond motifs is 1. The summed E-state index contributed by atoms with van der Waals surface area (Å²) < 4.78 is 15.1. The molecule has 20 heavy (non-hydrogen) atoms. The van der Waals surface area contributed by atoms with Gasteiger partial charge >= 0.3 is 5.97 Å². The van der Waals surface area contributed by atoms with Gasteiger partial charge in [-0.3, -0.25) is 4.68 Å². The van der Waals surface area contributed by atoms with E-state index in [0.29, 0.717) is 16.6 Å². The third kappa shape index (κ3) is 1.69. The molecule has 0 aliphatic rings. The summed E-state index contributed by atoms with van der Waals surface area (Å²) in [6.07, 6.45) is 0. The third-order valence-corrected chi connectivity index (χ3v) is 3.33. The lowest BCUT2D eigenvalue weighted by Crippen LogP contribution is -2.04. The summed E-state index contributed by atoms with van der Waals surface area (Å²) in [5.74, 6) is -1.39. The zero-order valence-electron chi connectivity index (χ0n) is 10.9. The Morgan fingerprint density at radius 1 is 1.45 bits per heavy atom. The summed E-state index contributed by atoms with van der Waals surface area (Å²) in [6, 6.07) is 6.27. The maximum Gasteiger partial charge on any atom is 0.354 e. The number of aromatic carboxylic acids is 1. The highest BCUT2D eigenvalue weighted by molar-refractivity contribution is 5.98. The van der Waals surface area contributed by atoms with Gasteiger partial charge in [-0.15, -0.1) is 0 Å². The largest absolute Gasteiger partial charge is 0.477 e. The van der Waals surface area contributed by atoms with Crippen molar-refractivity contribution in [1.29, 1.82) is 0 Å². The number of hydrogen-bond donors (Lipinski definition) is 2. The van der Waals surface area contributed by atoms with E-state index in [1.807, 2.05) is 6.92 Å². The van der Waals surface area contributed by atoms with Crippen LogP contribution in [0.2, 0.25) is 0 Å². The maximum absolute atomic E-state index is 13.8. The molecule has 0 aliphatic heterocycles. The number of aryl methyl sites for hydroxylation is 2. The Kier molecular flexibility index (Phi) is 2.60. The number of aromatic nitrogens is 3. The van der Waals surface area contributed by atoms with Gasteiger partial charge in [-0.05, 0) is 19.1 Å². The molecule has 0 saturated carbocycles. The van der Waals surface area contributed by atoms with E-state index in [2.05, 4.69) is 10.1 Å². The van der Waals surface area contributed by atoms with Crippen molar-refractivity contribution in [2.24, 2.45) is 7.05 Å². The SMILES string of the molecule is Cc1[nH]c2c(F)cccc2c1-c1cc(C(=O)O)n(C)n1. The molecule has 0 aliphatic carbocycles. The van der Waals surface area contributed by atoms with Crippen molar-refractivity contribution in [2.45, 2.75) is 6.92 Å². The minimum absolute atomic E-state index is 0.0881. The van der Waals surface area contributed by atoms with Gasteiger partial charge in [0.2, 0.25) is 0 Å². The maximum atomic E-state index is 13.8. The molecular weight excluding hydrogens is 261 g/mol. The lowest BCUT2D eigenvalue weighted by Gasteiger charge is -1.96. The first-order chi connectivity index (χ1) is 9.49. The van der Waals surface area contributed by atoms with Crippen molar-refractivity contribution in [1.82, 2.24) is 14.8 Å². The molecule has 0 bridgehead atoms. The smallest absolute Gasteiger partial charge is 0.354 e. The number of nitrogens with zero attached hydrogens (tertiary/aromatic N) is 2. The minimum atomic E-state index is -1.05. The lowest BCUT2D eigenvalue weighted by molar-refractivity contribution is 0.0685. The van der Waals surface area contributed by atoms with E-state index in [9.17, 15) is 9.18 Å². The second kappa shape index (κ2) is 4.19. The van der Waals surface area contributed by atoms with E-state index in [4.69, 9.17) is 5.11 Å². The summed E-state index contributed by atoms with van der Waals surface area (Å²) in [4.78, 5) is 14.1. The van der Waals surface area contributed by atoms with E-state index < -0.39 is 5.97 Å². The van der Waals surface area contributed by atoms with Gasteiger partial charge in [0.15, 0.2) is 0 Å². The Morgan fingerprint density at radius 3 is 2.85 bits per heavy atom. The van der Waals surface area contributed by atoms with Gasteiger partial charge in [-0.1, -0.05) is 12.1 Å². The van der Waals surface area contributed by atoms with Crippen LogP contribution in [-0.2, 0) is 7.05 Å². The Hall–Kier alpha value is -2.63. The van der Waals surface area contributed by atoms with Crippen LogP contribution in [0.4, 0.5) is 4.39 Å². The molecular formula is C14H12FN3O2. The van der Waals surface area contributed by atoms with Crippen molar-refractivity contribution in [2.75, 3.05) is 0 Å². The molecule has 2 N–H and O–H groups in total. The van der Waals surface area contributed by atoms with Gasteiger partial charge in [0.25, 0.3) is 0 Å². The zero-order chi connectivity index (χ0) is 14.4. The molecule has 3 rings (SSSR count). The number of aromatic amines is 1. The molecule has 5 nitrogen and oxygen atoms in total. The fourth-order valence-electron chi connectivity index (χ4n) is 2.43. The first-order valence-corrected chi connectivity index (χ1v) is 6.03. The van der Waals surface area contributed by atoms with E-state index in [1.165, 1.54) is 16.8 Å². The number of carbonyl (C=O) groups is 1. The molecule has 3 aromatic rings. The Bertz CT molecular complexity index is 832. The highest BCUT2D eigenvalue weighted by atomic mass is 19.1. The van der Waals surface area contributed by atoms with Crippen molar-refractivity contribution in [3.8, 4) is 11.3 Å². The molecule has 6 heteroatoms. The molecule has 0 spiro atoms. The number of H-pyrrole nitrogens is 1. The second-order valence-corrected chi connectivity index (χ2v) is 4.63. The molecule has 2 aromatic heterocycles. The van der Waals surface area contributed by atoms with Crippen LogP contribution in [0.5, 0.6) is 0 Å². The van der Waals surface area contributed by atoms with Gasteiger partial charge in [0, 0.05) is 23.7 Å². The quantitative estimate of drug-likeness (QED) is 0.754. The van der Waals surface area contributed by atoms with E-state index in [1.54, 1.807) is 19.2 Å². The number of nitrogens with one attached hydrogen (secondary N) is 1. The Labute approximate surface area is 113 Å². The molecule has 0 radical (unpaired) electrons. The second-order valence-electron chi connectivity index (χ2n) is 4.63. The number of carboxylic acids is 1. The zero-order valence-corrected chi connectivity index (χ0v) is 10.9. The fraction of sp³-hybridized carbons (Fsp3) is 0.143. The van der Waals surface area contributed by atoms with Crippen LogP contribution < -0.4 is 0 Å². The van der Waals surface area contributed by atoms with E-state index in [0.717, 1.165) is 11.3 Å². The number of halogens is 1. The third-order valence-electron chi connectivity index (χ3n) is 3.33. The first kappa shape index (κ1) is 12.4. The van der Waals surface area contributed by atoms with Crippen LogP contribution >= 0.6 is 0 Å². The summed E-state index contributed by atoms with van der Waals surface area (Å²) in [5, 5.41) is 14.0. The monoisotopic (exact) mass is 273 g/mol. The highest BCUT2D eigenvalue weighted by Gasteiger charge is 2.18. The average Bonchev–Trinajstić information content (AvgIpc) is 2.90. The van der Waals surface area contributed by atoms with Gasteiger partial charge < -0.3 is 10.1 Å². The number of para-hydroxylation sites is 1. The molecule has 0 saturated heterocycles. The average molecular weight is 273 g/mol. The summed E-state index contributed by atoms with van der Waals surface area (Å²) in [7, 11) is 1.57. The van der Waals surface area contributed by atoms with Crippen LogP contribution in [0, 0.1) is 12.7 Å². The normalized spacial score (nSPS) is 11.2. The van der Waals surface area contributed by atoms with Crippen molar-refractivity contribution >= 4 is 16.9 Å². The van der Waals surface area contributed by atoms with Gasteiger partial charge in [0.1, 0.15) is 11.5 Å². The molecule has 0 unspecified atom stereocenters. The van der Waals surface area contributed by atoms with Crippen molar-refractivity contribution < 1.29 is 14.3 Å². The first-order valence-electron chi connectivity index (χ1n) is 6.03. The van der Waals surface area contributed by atoms with Crippen LogP contribution in [0.25, 0.3) is 22.2 Å². The summed E-state index contributed by atoms with van der Waals surface area (Å²) in [5.41, 5.74) is 2.48. The summed E-state index contributed by atoms with van der Waals surface area (Å²) >= 11 is 0. The molecule has 0 atom stereocenters. The van der Waals surface area contributed by atoms with Gasteiger partial charge in [-0.25, -0.2) is 9.18 Å². The van der Waals surface area contributed by atoms with Crippen LogP contribution in [0.1, 0.15) is 16.2 Å². The topological polar surface area (TPSA) is 70.9 Å². The minimum Gasteiger partial charge on any atom is -0.477 e.